The molecule has 0 spiro atoms. The average molecular weight is 447 g/mol. The Hall–Kier alpha value is -3.68. The largest absolute Gasteiger partial charge is 0.440 e. The van der Waals surface area contributed by atoms with Gasteiger partial charge in [0.25, 0.3) is 0 Å². The van der Waals surface area contributed by atoms with E-state index in [0.29, 0.717) is 33.7 Å². The number of benzene rings is 2. The van der Waals surface area contributed by atoms with E-state index in [1.165, 1.54) is 11.3 Å². The molecule has 6 nitrogen and oxygen atoms in total. The molecule has 0 aliphatic rings. The van der Waals surface area contributed by atoms with E-state index in [-0.39, 0.29) is 5.78 Å². The third-order valence-electron chi connectivity index (χ3n) is 4.71. The van der Waals surface area contributed by atoms with Gasteiger partial charge in [-0.2, -0.15) is 0 Å². The smallest absolute Gasteiger partial charge is 0.212 e. The van der Waals surface area contributed by atoms with Crippen LogP contribution in [0.4, 0.5) is 5.82 Å². The van der Waals surface area contributed by atoms with Crippen LogP contribution in [0.5, 0.6) is 0 Å². The molecular formula is C23H15ClN4O2S. The van der Waals surface area contributed by atoms with Crippen LogP contribution in [-0.2, 0) is 0 Å². The molecule has 2 N–H and O–H groups in total. The molecule has 5 aromatic rings. The molecular weight excluding hydrogens is 432 g/mol. The fraction of sp³-hybridized carbons (Fsp3) is 0. The van der Waals surface area contributed by atoms with Gasteiger partial charge in [-0.3, -0.25) is 9.36 Å². The number of carbonyl (C=O) groups excluding carboxylic acids is 1. The summed E-state index contributed by atoms with van der Waals surface area (Å²) in [4.78, 5) is 21.3. The summed E-state index contributed by atoms with van der Waals surface area (Å²) < 4.78 is 7.58. The van der Waals surface area contributed by atoms with Crippen molar-refractivity contribution in [2.45, 2.75) is 0 Å². The first kappa shape index (κ1) is 19.3. The molecule has 3 aromatic heterocycles. The van der Waals surface area contributed by atoms with Crippen LogP contribution in [-0.4, -0.2) is 20.3 Å². The molecule has 5 rings (SSSR count). The normalized spacial score (nSPS) is 11.0. The lowest BCUT2D eigenvalue weighted by Gasteiger charge is -2.01. The number of imidazole rings is 1. The van der Waals surface area contributed by atoms with Gasteiger partial charge < -0.3 is 10.2 Å². The highest BCUT2D eigenvalue weighted by molar-refractivity contribution is 7.13. The van der Waals surface area contributed by atoms with E-state index in [1.807, 2.05) is 36.4 Å². The van der Waals surface area contributed by atoms with Crippen molar-refractivity contribution >= 4 is 34.5 Å². The third kappa shape index (κ3) is 3.88. The third-order valence-corrected chi connectivity index (χ3v) is 5.85. The maximum absolute atomic E-state index is 12.9. The minimum atomic E-state index is -0.128. The van der Waals surface area contributed by atoms with Crippen LogP contribution >= 0.6 is 22.9 Å². The van der Waals surface area contributed by atoms with Gasteiger partial charge in [-0.1, -0.05) is 48.0 Å². The molecule has 0 bridgehead atoms. The Labute approximate surface area is 186 Å². The number of nitrogens with zero attached hydrogens (tertiary/aromatic N) is 3. The first-order valence-electron chi connectivity index (χ1n) is 9.33. The predicted molar refractivity (Wildman–Crippen MR) is 122 cm³/mol. The van der Waals surface area contributed by atoms with E-state index < -0.39 is 0 Å². The Balaban J connectivity index is 1.35. The lowest BCUT2D eigenvalue weighted by Crippen LogP contribution is -2.01. The molecule has 2 aromatic carbocycles. The number of hydrogen-bond donors (Lipinski definition) is 1. The molecule has 0 unspecified atom stereocenters. The monoisotopic (exact) mass is 446 g/mol. The number of furan rings is 1. The van der Waals surface area contributed by atoms with Gasteiger partial charge in [0.15, 0.2) is 0 Å². The summed E-state index contributed by atoms with van der Waals surface area (Å²) in [5.41, 5.74) is 8.42. The lowest BCUT2D eigenvalue weighted by molar-refractivity contribution is 0.103. The molecule has 0 saturated heterocycles. The summed E-state index contributed by atoms with van der Waals surface area (Å²) in [6, 6.07) is 18.3. The van der Waals surface area contributed by atoms with Crippen molar-refractivity contribution in [2.24, 2.45) is 0 Å². The minimum Gasteiger partial charge on any atom is -0.440 e. The predicted octanol–water partition coefficient (Wildman–Crippen LogP) is 5.72. The Morgan fingerprint density at radius 3 is 2.45 bits per heavy atom. The van der Waals surface area contributed by atoms with Crippen LogP contribution < -0.4 is 5.73 Å². The molecule has 0 aliphatic carbocycles. The quantitative estimate of drug-likeness (QED) is 0.349. The van der Waals surface area contributed by atoms with Crippen molar-refractivity contribution < 1.29 is 9.21 Å². The standard InChI is InChI=1S/C23H15ClN4O2S/c24-17-7-5-16(6-8-17)23-27-18(12-31-23)22(29)15-3-1-14(2-4-15)19-9-10-21(30-19)28-11-20(25)26-13-28/h1-13H,25H2. The van der Waals surface area contributed by atoms with Crippen LogP contribution in [0.2, 0.25) is 5.02 Å². The number of halogens is 1. The van der Waals surface area contributed by atoms with Gasteiger partial charge in [-0.15, -0.1) is 11.3 Å². The van der Waals surface area contributed by atoms with Gasteiger partial charge in [-0.05, 0) is 18.2 Å². The number of hydrogen-bond acceptors (Lipinski definition) is 6. The lowest BCUT2D eigenvalue weighted by atomic mass is 10.1. The molecule has 8 heteroatoms. The van der Waals surface area contributed by atoms with Gasteiger partial charge in [-0.25, -0.2) is 9.97 Å². The maximum atomic E-state index is 12.9. The molecule has 0 aliphatic heterocycles. The number of ketones is 1. The van der Waals surface area contributed by atoms with Crippen molar-refractivity contribution in [3.05, 3.63) is 94.8 Å². The second kappa shape index (κ2) is 7.86. The minimum absolute atomic E-state index is 0.128. The first-order valence-corrected chi connectivity index (χ1v) is 10.6. The Bertz CT molecular complexity index is 1370. The molecule has 152 valence electrons. The van der Waals surface area contributed by atoms with Gasteiger partial charge in [0.1, 0.15) is 28.6 Å². The van der Waals surface area contributed by atoms with Gasteiger partial charge in [0.05, 0.1) is 6.20 Å². The van der Waals surface area contributed by atoms with Crippen molar-refractivity contribution in [3.63, 3.8) is 0 Å². The fourth-order valence-electron chi connectivity index (χ4n) is 3.12. The van der Waals surface area contributed by atoms with Crippen LogP contribution in [0.15, 0.2) is 83.0 Å². The van der Waals surface area contributed by atoms with Gasteiger partial charge in [0, 0.05) is 33.2 Å². The molecule has 0 saturated carbocycles. The second-order valence-electron chi connectivity index (χ2n) is 6.79. The summed E-state index contributed by atoms with van der Waals surface area (Å²) >= 11 is 7.37. The van der Waals surface area contributed by atoms with E-state index >= 15 is 0 Å². The summed E-state index contributed by atoms with van der Waals surface area (Å²) in [5, 5.41) is 3.21. The van der Waals surface area contributed by atoms with Crippen LogP contribution in [0, 0.1) is 0 Å². The Kier molecular flexibility index (Phi) is 4.89. The summed E-state index contributed by atoms with van der Waals surface area (Å²) in [6.07, 6.45) is 3.27. The first-order chi connectivity index (χ1) is 15.1. The highest BCUT2D eigenvalue weighted by Crippen LogP contribution is 2.28. The highest BCUT2D eigenvalue weighted by atomic mass is 35.5. The van der Waals surface area contributed by atoms with Crippen LogP contribution in [0.25, 0.3) is 27.8 Å². The van der Waals surface area contributed by atoms with Crippen molar-refractivity contribution in [2.75, 3.05) is 5.73 Å². The van der Waals surface area contributed by atoms with Gasteiger partial charge in [0.2, 0.25) is 11.7 Å². The summed E-state index contributed by atoms with van der Waals surface area (Å²) in [5.74, 6) is 1.58. The number of thiazole rings is 1. The zero-order valence-electron chi connectivity index (χ0n) is 16.0. The van der Waals surface area contributed by atoms with E-state index in [2.05, 4.69) is 9.97 Å². The summed E-state index contributed by atoms with van der Waals surface area (Å²) in [7, 11) is 0. The Morgan fingerprint density at radius 1 is 1.00 bits per heavy atom. The molecule has 0 amide bonds. The molecule has 0 radical (unpaired) electrons. The van der Waals surface area contributed by atoms with Crippen LogP contribution in [0.1, 0.15) is 16.1 Å². The van der Waals surface area contributed by atoms with E-state index in [0.717, 1.165) is 16.1 Å². The zero-order valence-corrected chi connectivity index (χ0v) is 17.6. The Morgan fingerprint density at radius 2 is 1.74 bits per heavy atom. The maximum Gasteiger partial charge on any atom is 0.212 e. The van der Waals surface area contributed by atoms with Crippen LogP contribution in [0.3, 0.4) is 0 Å². The number of anilines is 1. The molecule has 3 heterocycles. The molecule has 0 atom stereocenters. The number of carbonyl (C=O) groups is 1. The van der Waals surface area contributed by atoms with E-state index in [4.69, 9.17) is 21.8 Å². The molecule has 0 fully saturated rings. The van der Waals surface area contributed by atoms with Crippen molar-refractivity contribution in [1.29, 1.82) is 0 Å². The highest BCUT2D eigenvalue weighted by Gasteiger charge is 2.15. The average Bonchev–Trinajstić information content (AvgIpc) is 3.54. The molecule has 31 heavy (non-hydrogen) atoms. The van der Waals surface area contributed by atoms with Crippen molar-refractivity contribution in [3.8, 4) is 27.8 Å². The van der Waals surface area contributed by atoms with Gasteiger partial charge >= 0.3 is 0 Å². The number of rotatable bonds is 5. The fourth-order valence-corrected chi connectivity index (χ4v) is 4.05. The number of aromatic nitrogens is 3. The second-order valence-corrected chi connectivity index (χ2v) is 8.09. The summed E-state index contributed by atoms with van der Waals surface area (Å²) in [6.45, 7) is 0. The SMILES string of the molecule is Nc1cn(-c2ccc(-c3ccc(C(=O)c4csc(-c5ccc(Cl)cc5)n4)cc3)o2)cn1. The zero-order chi connectivity index (χ0) is 21.4. The van der Waals surface area contributed by atoms with E-state index in [1.54, 1.807) is 46.7 Å². The number of nitrogen functional groups attached to an aromatic ring is 1. The number of nitrogens with two attached hydrogens (primary N) is 1. The van der Waals surface area contributed by atoms with E-state index in [9.17, 15) is 4.79 Å². The van der Waals surface area contributed by atoms with Crippen molar-refractivity contribution in [1.82, 2.24) is 14.5 Å². The topological polar surface area (TPSA) is 86.9 Å².